The standard InChI is InChI=1S/C13H12BrNOS/c1-9(16)10-2-7-13(15-8-10)17-12-5-3-11(14)4-6-12/h2-9,16H,1H3/t9-/m0/s1. The van der Waals surface area contributed by atoms with Gasteiger partial charge in [-0.05, 0) is 42.8 Å². The van der Waals surface area contributed by atoms with Gasteiger partial charge in [0.25, 0.3) is 0 Å². The van der Waals surface area contributed by atoms with Crippen LogP contribution in [0.4, 0.5) is 0 Å². The van der Waals surface area contributed by atoms with E-state index in [2.05, 4.69) is 20.9 Å². The number of hydrogen-bond donors (Lipinski definition) is 1. The number of hydrogen-bond acceptors (Lipinski definition) is 3. The minimum atomic E-state index is -0.464. The summed E-state index contributed by atoms with van der Waals surface area (Å²) in [5.74, 6) is 0. The maximum atomic E-state index is 9.38. The lowest BCUT2D eigenvalue weighted by Gasteiger charge is -2.05. The fraction of sp³-hybridized carbons (Fsp3) is 0.154. The molecule has 0 bridgehead atoms. The number of benzene rings is 1. The summed E-state index contributed by atoms with van der Waals surface area (Å²) >= 11 is 5.01. The Kier molecular flexibility index (Phi) is 4.20. The third-order valence-electron chi connectivity index (χ3n) is 2.28. The zero-order chi connectivity index (χ0) is 12.3. The number of nitrogens with zero attached hydrogens (tertiary/aromatic N) is 1. The van der Waals surface area contributed by atoms with Crippen molar-refractivity contribution in [3.63, 3.8) is 0 Å². The molecule has 2 aromatic rings. The van der Waals surface area contributed by atoms with Crippen molar-refractivity contribution >= 4 is 27.7 Å². The van der Waals surface area contributed by atoms with Gasteiger partial charge in [-0.25, -0.2) is 4.98 Å². The van der Waals surface area contributed by atoms with Crippen molar-refractivity contribution in [2.75, 3.05) is 0 Å². The second-order valence-electron chi connectivity index (χ2n) is 3.66. The lowest BCUT2D eigenvalue weighted by Crippen LogP contribution is -1.91. The molecule has 1 heterocycles. The number of rotatable bonds is 3. The molecule has 17 heavy (non-hydrogen) atoms. The summed E-state index contributed by atoms with van der Waals surface area (Å²) in [6.45, 7) is 1.73. The molecule has 0 amide bonds. The number of aromatic nitrogens is 1. The smallest absolute Gasteiger partial charge is 0.101 e. The van der Waals surface area contributed by atoms with Gasteiger partial charge in [-0.1, -0.05) is 33.8 Å². The van der Waals surface area contributed by atoms with Gasteiger partial charge in [0, 0.05) is 15.6 Å². The average Bonchev–Trinajstić information content (AvgIpc) is 2.33. The molecule has 0 saturated heterocycles. The molecule has 1 N–H and O–H groups in total. The van der Waals surface area contributed by atoms with E-state index in [1.165, 1.54) is 0 Å². The van der Waals surface area contributed by atoms with E-state index < -0.39 is 6.10 Å². The molecular formula is C13H12BrNOS. The SMILES string of the molecule is C[C@H](O)c1ccc(Sc2ccc(Br)cc2)nc1. The van der Waals surface area contributed by atoms with Gasteiger partial charge in [-0.3, -0.25) is 0 Å². The molecule has 0 aliphatic rings. The van der Waals surface area contributed by atoms with E-state index in [1.807, 2.05) is 36.4 Å². The Bertz CT molecular complexity index is 482. The van der Waals surface area contributed by atoms with E-state index in [0.717, 1.165) is 20.0 Å². The fourth-order valence-corrected chi connectivity index (χ4v) is 2.34. The predicted molar refractivity (Wildman–Crippen MR) is 73.1 cm³/mol. The normalized spacial score (nSPS) is 12.4. The molecule has 0 spiro atoms. The number of halogens is 1. The van der Waals surface area contributed by atoms with Gasteiger partial charge in [-0.15, -0.1) is 0 Å². The highest BCUT2D eigenvalue weighted by Gasteiger charge is 2.02. The van der Waals surface area contributed by atoms with Gasteiger partial charge < -0.3 is 5.11 Å². The number of aliphatic hydroxyl groups excluding tert-OH is 1. The molecule has 0 aliphatic carbocycles. The molecule has 0 radical (unpaired) electrons. The lowest BCUT2D eigenvalue weighted by molar-refractivity contribution is 0.198. The summed E-state index contributed by atoms with van der Waals surface area (Å²) < 4.78 is 1.07. The van der Waals surface area contributed by atoms with Crippen LogP contribution in [0.3, 0.4) is 0 Å². The van der Waals surface area contributed by atoms with Crippen LogP contribution >= 0.6 is 27.7 Å². The summed E-state index contributed by atoms with van der Waals surface area (Å²) in [5, 5.41) is 10.3. The van der Waals surface area contributed by atoms with Crippen LogP contribution in [0.2, 0.25) is 0 Å². The van der Waals surface area contributed by atoms with E-state index in [4.69, 9.17) is 0 Å². The third-order valence-corrected chi connectivity index (χ3v) is 3.76. The lowest BCUT2D eigenvalue weighted by atomic mass is 10.2. The molecule has 0 unspecified atom stereocenters. The molecule has 0 fully saturated rings. The summed E-state index contributed by atoms with van der Waals surface area (Å²) in [4.78, 5) is 5.45. The van der Waals surface area contributed by atoms with Gasteiger partial charge >= 0.3 is 0 Å². The quantitative estimate of drug-likeness (QED) is 0.928. The van der Waals surface area contributed by atoms with Crippen LogP contribution in [-0.2, 0) is 0 Å². The summed E-state index contributed by atoms with van der Waals surface area (Å²) in [5.41, 5.74) is 0.838. The number of aliphatic hydroxyl groups is 1. The Morgan fingerprint density at radius 2 is 1.88 bits per heavy atom. The Morgan fingerprint density at radius 3 is 2.41 bits per heavy atom. The first-order valence-corrected chi connectivity index (χ1v) is 6.83. The van der Waals surface area contributed by atoms with Crippen molar-refractivity contribution < 1.29 is 5.11 Å². The van der Waals surface area contributed by atoms with Gasteiger partial charge in [0.2, 0.25) is 0 Å². The zero-order valence-corrected chi connectivity index (χ0v) is 11.7. The monoisotopic (exact) mass is 309 g/mol. The van der Waals surface area contributed by atoms with Gasteiger partial charge in [0.15, 0.2) is 0 Å². The first-order chi connectivity index (χ1) is 8.15. The Labute approximate surface area is 113 Å². The molecule has 1 aromatic heterocycles. The summed E-state index contributed by atoms with van der Waals surface area (Å²) in [6, 6.07) is 11.9. The highest BCUT2D eigenvalue weighted by molar-refractivity contribution is 9.10. The van der Waals surface area contributed by atoms with Crippen LogP contribution in [0, 0.1) is 0 Å². The van der Waals surface area contributed by atoms with Crippen LogP contribution in [0.15, 0.2) is 57.0 Å². The molecule has 0 saturated carbocycles. The topological polar surface area (TPSA) is 33.1 Å². The highest BCUT2D eigenvalue weighted by Crippen LogP contribution is 2.27. The van der Waals surface area contributed by atoms with Crippen molar-refractivity contribution in [2.45, 2.75) is 22.9 Å². The van der Waals surface area contributed by atoms with Crippen LogP contribution < -0.4 is 0 Å². The predicted octanol–water partition coefficient (Wildman–Crippen LogP) is 4.05. The van der Waals surface area contributed by atoms with E-state index in [1.54, 1.807) is 24.9 Å². The Morgan fingerprint density at radius 1 is 1.18 bits per heavy atom. The largest absolute Gasteiger partial charge is 0.389 e. The van der Waals surface area contributed by atoms with E-state index in [0.29, 0.717) is 0 Å². The maximum absolute atomic E-state index is 9.38. The fourth-order valence-electron chi connectivity index (χ4n) is 1.32. The molecule has 4 heteroatoms. The number of pyridine rings is 1. The van der Waals surface area contributed by atoms with Crippen molar-refractivity contribution in [3.8, 4) is 0 Å². The molecule has 2 nitrogen and oxygen atoms in total. The molecule has 0 aliphatic heterocycles. The van der Waals surface area contributed by atoms with Crippen LogP contribution in [-0.4, -0.2) is 10.1 Å². The Balaban J connectivity index is 2.11. The van der Waals surface area contributed by atoms with Crippen molar-refractivity contribution in [1.82, 2.24) is 4.98 Å². The Hall–Kier alpha value is -0.840. The third kappa shape index (κ3) is 3.56. The van der Waals surface area contributed by atoms with E-state index in [-0.39, 0.29) is 0 Å². The second kappa shape index (κ2) is 5.67. The minimum absolute atomic E-state index is 0.464. The van der Waals surface area contributed by atoms with Gasteiger partial charge in [0.1, 0.15) is 5.03 Å². The van der Waals surface area contributed by atoms with Gasteiger partial charge in [0.05, 0.1) is 6.10 Å². The van der Waals surface area contributed by atoms with Crippen molar-refractivity contribution in [1.29, 1.82) is 0 Å². The van der Waals surface area contributed by atoms with Crippen LogP contribution in [0.5, 0.6) is 0 Å². The van der Waals surface area contributed by atoms with E-state index >= 15 is 0 Å². The average molecular weight is 310 g/mol. The van der Waals surface area contributed by atoms with Gasteiger partial charge in [-0.2, -0.15) is 0 Å². The molecule has 1 aromatic carbocycles. The zero-order valence-electron chi connectivity index (χ0n) is 9.30. The first-order valence-electron chi connectivity index (χ1n) is 5.22. The van der Waals surface area contributed by atoms with Crippen LogP contribution in [0.25, 0.3) is 0 Å². The van der Waals surface area contributed by atoms with E-state index in [9.17, 15) is 5.11 Å². The van der Waals surface area contributed by atoms with Crippen molar-refractivity contribution in [2.24, 2.45) is 0 Å². The molecule has 88 valence electrons. The second-order valence-corrected chi connectivity index (χ2v) is 5.67. The van der Waals surface area contributed by atoms with Crippen molar-refractivity contribution in [3.05, 3.63) is 52.6 Å². The summed E-state index contributed by atoms with van der Waals surface area (Å²) in [6.07, 6.45) is 1.25. The molecule has 2 rings (SSSR count). The highest BCUT2D eigenvalue weighted by atomic mass is 79.9. The minimum Gasteiger partial charge on any atom is -0.389 e. The maximum Gasteiger partial charge on any atom is 0.101 e. The summed E-state index contributed by atoms with van der Waals surface area (Å²) in [7, 11) is 0. The first kappa shape index (κ1) is 12.6. The molecule has 1 atom stereocenters. The molecular weight excluding hydrogens is 298 g/mol. The van der Waals surface area contributed by atoms with Crippen LogP contribution in [0.1, 0.15) is 18.6 Å².